The second-order valence-electron chi connectivity index (χ2n) is 2.64. The maximum atomic E-state index is 8.74. The normalized spacial score (nSPS) is 9.55. The van der Waals surface area contributed by atoms with Crippen molar-refractivity contribution in [1.29, 1.82) is 0 Å². The minimum atomic E-state index is 0.285. The predicted molar refractivity (Wildman–Crippen MR) is 53.1 cm³/mol. The van der Waals surface area contributed by atoms with Crippen molar-refractivity contribution in [2.75, 3.05) is 11.5 Å². The summed E-state index contributed by atoms with van der Waals surface area (Å²) in [7, 11) is 0. The van der Waals surface area contributed by atoms with Gasteiger partial charge in [-0.15, -0.1) is 6.58 Å². The minimum absolute atomic E-state index is 0.285. The number of allylic oxidation sites excluding steroid dienone is 2. The molecule has 0 aliphatic carbocycles. The second kappa shape index (κ2) is 6.35. The highest BCUT2D eigenvalue weighted by Gasteiger charge is 1.91. The van der Waals surface area contributed by atoms with Crippen LogP contribution in [0.3, 0.4) is 0 Å². The van der Waals surface area contributed by atoms with E-state index in [0.29, 0.717) is 6.42 Å². The van der Waals surface area contributed by atoms with Gasteiger partial charge in [0, 0.05) is 12.2 Å². The maximum Gasteiger partial charge on any atom is 0.0859 e. The van der Waals surface area contributed by atoms with Gasteiger partial charge in [-0.25, -0.2) is 0 Å². The first kappa shape index (κ1) is 10.6. The molecule has 0 saturated carbocycles. The third-order valence-corrected chi connectivity index (χ3v) is 2.19. The van der Waals surface area contributed by atoms with Crippen molar-refractivity contribution in [3.63, 3.8) is 0 Å². The van der Waals surface area contributed by atoms with Crippen molar-refractivity contribution in [1.82, 2.24) is 0 Å². The highest BCUT2D eigenvalue weighted by molar-refractivity contribution is 7.99. The number of rotatable bonds is 6. The van der Waals surface area contributed by atoms with Crippen molar-refractivity contribution in [3.8, 4) is 0 Å². The molecule has 0 aromatic heterocycles. The molecule has 1 N–H and O–H groups in total. The molecule has 0 atom stereocenters. The summed E-state index contributed by atoms with van der Waals surface area (Å²) in [6.45, 7) is 9.25. The van der Waals surface area contributed by atoms with Crippen LogP contribution in [0.5, 0.6) is 0 Å². The molecule has 0 aliphatic heterocycles. The SMILES string of the molecule is C=C(C)CCSCCC(=C)O. The maximum absolute atomic E-state index is 8.74. The van der Waals surface area contributed by atoms with E-state index in [1.807, 2.05) is 18.7 Å². The summed E-state index contributed by atoms with van der Waals surface area (Å²) in [6.07, 6.45) is 1.78. The Kier molecular flexibility index (Phi) is 6.13. The Balaban J connectivity index is 3.03. The molecule has 0 aromatic carbocycles. The predicted octanol–water partition coefficient (Wildman–Crippen LogP) is 3.15. The van der Waals surface area contributed by atoms with Gasteiger partial charge in [-0.1, -0.05) is 12.2 Å². The van der Waals surface area contributed by atoms with Gasteiger partial charge in [0.25, 0.3) is 0 Å². The van der Waals surface area contributed by atoms with Gasteiger partial charge in [0.2, 0.25) is 0 Å². The lowest BCUT2D eigenvalue weighted by Crippen LogP contribution is -1.86. The molecule has 0 rings (SSSR count). The van der Waals surface area contributed by atoms with Gasteiger partial charge >= 0.3 is 0 Å². The van der Waals surface area contributed by atoms with E-state index in [-0.39, 0.29) is 5.76 Å². The minimum Gasteiger partial charge on any atom is -0.513 e. The fourth-order valence-electron chi connectivity index (χ4n) is 0.538. The van der Waals surface area contributed by atoms with Crippen LogP contribution in [0, 0.1) is 0 Å². The highest BCUT2D eigenvalue weighted by Crippen LogP contribution is 2.09. The molecule has 0 radical (unpaired) electrons. The van der Waals surface area contributed by atoms with E-state index >= 15 is 0 Å². The van der Waals surface area contributed by atoms with Gasteiger partial charge in [0.1, 0.15) is 0 Å². The van der Waals surface area contributed by atoms with Gasteiger partial charge in [0.15, 0.2) is 0 Å². The molecule has 64 valence electrons. The Hall–Kier alpha value is -0.370. The molecule has 0 aliphatic rings. The molecule has 0 unspecified atom stereocenters. The Morgan fingerprint density at radius 2 is 1.82 bits per heavy atom. The van der Waals surface area contributed by atoms with Crippen molar-refractivity contribution >= 4 is 11.8 Å². The summed E-state index contributed by atoms with van der Waals surface area (Å²) < 4.78 is 0. The Labute approximate surface area is 73.2 Å². The lowest BCUT2D eigenvalue weighted by atomic mass is 10.3. The molecule has 0 amide bonds. The van der Waals surface area contributed by atoms with Crippen molar-refractivity contribution in [2.45, 2.75) is 19.8 Å². The number of hydrogen-bond acceptors (Lipinski definition) is 2. The lowest BCUT2D eigenvalue weighted by Gasteiger charge is -1.99. The molecule has 0 saturated heterocycles. The molecule has 0 spiro atoms. The molecule has 0 heterocycles. The average Bonchev–Trinajstić information content (AvgIpc) is 1.85. The Bertz CT molecular complexity index is 124. The summed E-state index contributed by atoms with van der Waals surface area (Å²) >= 11 is 1.83. The van der Waals surface area contributed by atoms with Crippen LogP contribution in [-0.2, 0) is 0 Å². The van der Waals surface area contributed by atoms with Gasteiger partial charge in [-0.2, -0.15) is 11.8 Å². The van der Waals surface area contributed by atoms with Gasteiger partial charge in [0.05, 0.1) is 5.76 Å². The van der Waals surface area contributed by atoms with Crippen LogP contribution in [0.1, 0.15) is 19.8 Å². The van der Waals surface area contributed by atoms with Crippen molar-refractivity contribution in [3.05, 3.63) is 24.5 Å². The van der Waals surface area contributed by atoms with Crippen LogP contribution in [0.4, 0.5) is 0 Å². The number of hydrogen-bond donors (Lipinski definition) is 1. The van der Waals surface area contributed by atoms with Crippen LogP contribution in [0.25, 0.3) is 0 Å². The van der Waals surface area contributed by atoms with Gasteiger partial charge < -0.3 is 5.11 Å². The van der Waals surface area contributed by atoms with Crippen LogP contribution < -0.4 is 0 Å². The molecule has 11 heavy (non-hydrogen) atoms. The zero-order chi connectivity index (χ0) is 8.69. The number of thioether (sulfide) groups is 1. The highest BCUT2D eigenvalue weighted by atomic mass is 32.2. The summed E-state index contributed by atoms with van der Waals surface area (Å²) in [6, 6.07) is 0. The largest absolute Gasteiger partial charge is 0.513 e. The fraction of sp³-hybridized carbons (Fsp3) is 0.556. The molecular weight excluding hydrogens is 156 g/mol. The smallest absolute Gasteiger partial charge is 0.0859 e. The van der Waals surface area contributed by atoms with Gasteiger partial charge in [-0.05, 0) is 19.1 Å². The molecule has 0 aromatic rings. The van der Waals surface area contributed by atoms with E-state index in [4.69, 9.17) is 5.11 Å². The van der Waals surface area contributed by atoms with Crippen molar-refractivity contribution < 1.29 is 5.11 Å². The molecule has 1 nitrogen and oxygen atoms in total. The van der Waals surface area contributed by atoms with Crippen LogP contribution in [0.15, 0.2) is 24.5 Å². The summed E-state index contributed by atoms with van der Waals surface area (Å²) in [5, 5.41) is 8.74. The van der Waals surface area contributed by atoms with E-state index < -0.39 is 0 Å². The van der Waals surface area contributed by atoms with E-state index in [0.717, 1.165) is 17.9 Å². The first-order valence-corrected chi connectivity index (χ1v) is 4.87. The standard InChI is InChI=1S/C9H16OS/c1-8(2)4-6-11-7-5-9(3)10/h10H,1,3-7H2,2H3. The van der Waals surface area contributed by atoms with Crippen LogP contribution in [0.2, 0.25) is 0 Å². The molecule has 2 heteroatoms. The van der Waals surface area contributed by atoms with E-state index in [2.05, 4.69) is 13.2 Å². The Morgan fingerprint density at radius 3 is 2.27 bits per heavy atom. The summed E-state index contributed by atoms with van der Waals surface area (Å²) in [5.41, 5.74) is 1.22. The van der Waals surface area contributed by atoms with E-state index in [1.165, 1.54) is 5.57 Å². The summed E-state index contributed by atoms with van der Waals surface area (Å²) in [5.74, 6) is 2.35. The molecule has 0 fully saturated rings. The second-order valence-corrected chi connectivity index (χ2v) is 3.86. The fourth-order valence-corrected chi connectivity index (χ4v) is 1.62. The van der Waals surface area contributed by atoms with Gasteiger partial charge in [-0.3, -0.25) is 0 Å². The lowest BCUT2D eigenvalue weighted by molar-refractivity contribution is 0.399. The third-order valence-electron chi connectivity index (χ3n) is 1.21. The molecular formula is C9H16OS. The van der Waals surface area contributed by atoms with E-state index in [1.54, 1.807) is 0 Å². The monoisotopic (exact) mass is 172 g/mol. The third kappa shape index (κ3) is 9.63. The first-order valence-electron chi connectivity index (χ1n) is 3.72. The quantitative estimate of drug-likeness (QED) is 0.377. The zero-order valence-electron chi connectivity index (χ0n) is 7.10. The topological polar surface area (TPSA) is 20.2 Å². The van der Waals surface area contributed by atoms with E-state index in [9.17, 15) is 0 Å². The molecule has 0 bridgehead atoms. The summed E-state index contributed by atoms with van der Waals surface area (Å²) in [4.78, 5) is 0. The average molecular weight is 172 g/mol. The van der Waals surface area contributed by atoms with Crippen LogP contribution >= 0.6 is 11.8 Å². The number of aliphatic hydroxyl groups is 1. The zero-order valence-corrected chi connectivity index (χ0v) is 7.91. The number of aliphatic hydroxyl groups excluding tert-OH is 1. The first-order chi connectivity index (χ1) is 5.13. The Morgan fingerprint density at radius 1 is 1.27 bits per heavy atom. The van der Waals surface area contributed by atoms with Crippen LogP contribution in [-0.4, -0.2) is 16.6 Å². The van der Waals surface area contributed by atoms with Crippen molar-refractivity contribution in [2.24, 2.45) is 0 Å².